The molecule has 1 N–H and O–H groups in total. The topological polar surface area (TPSA) is 23.5 Å². The summed E-state index contributed by atoms with van der Waals surface area (Å²) in [6.45, 7) is 5.44. The SMILES string of the molecule is C=CCN(C)CC[C@H](O)c1cccs1. The van der Waals surface area contributed by atoms with E-state index in [1.165, 1.54) is 0 Å². The highest BCUT2D eigenvalue weighted by Crippen LogP contribution is 2.21. The molecule has 0 spiro atoms. The van der Waals surface area contributed by atoms with Gasteiger partial charge in [0.2, 0.25) is 0 Å². The van der Waals surface area contributed by atoms with Crippen molar-refractivity contribution in [1.29, 1.82) is 0 Å². The molecule has 0 aromatic carbocycles. The number of likely N-dealkylation sites (N-methyl/N-ethyl adjacent to an activating group) is 1. The van der Waals surface area contributed by atoms with Crippen LogP contribution in [0.3, 0.4) is 0 Å². The normalized spacial score (nSPS) is 13.1. The Labute approximate surface area is 89.5 Å². The van der Waals surface area contributed by atoms with E-state index in [0.717, 1.165) is 24.4 Å². The minimum absolute atomic E-state index is 0.317. The third-order valence-corrected chi connectivity index (χ3v) is 3.07. The van der Waals surface area contributed by atoms with Gasteiger partial charge in [-0.05, 0) is 24.9 Å². The van der Waals surface area contributed by atoms with Crippen molar-refractivity contribution in [2.24, 2.45) is 0 Å². The zero-order valence-corrected chi connectivity index (χ0v) is 9.33. The summed E-state index contributed by atoms with van der Waals surface area (Å²) < 4.78 is 0. The molecule has 0 bridgehead atoms. The van der Waals surface area contributed by atoms with E-state index < -0.39 is 0 Å². The van der Waals surface area contributed by atoms with Crippen molar-refractivity contribution in [3.8, 4) is 0 Å². The fourth-order valence-corrected chi connectivity index (χ4v) is 2.02. The Bertz CT molecular complexity index is 258. The maximum atomic E-state index is 9.78. The molecule has 0 aliphatic rings. The summed E-state index contributed by atoms with van der Waals surface area (Å²) in [5.41, 5.74) is 0. The van der Waals surface area contributed by atoms with Crippen LogP contribution in [-0.2, 0) is 0 Å². The lowest BCUT2D eigenvalue weighted by molar-refractivity contribution is 0.155. The lowest BCUT2D eigenvalue weighted by Crippen LogP contribution is -2.21. The first-order valence-corrected chi connectivity index (χ1v) is 5.63. The Morgan fingerprint density at radius 1 is 1.71 bits per heavy atom. The second-order valence-corrected chi connectivity index (χ2v) is 4.35. The van der Waals surface area contributed by atoms with Gasteiger partial charge in [0.15, 0.2) is 0 Å². The average molecular weight is 211 g/mol. The number of aliphatic hydroxyl groups excluding tert-OH is 1. The van der Waals surface area contributed by atoms with Crippen molar-refractivity contribution in [1.82, 2.24) is 4.90 Å². The summed E-state index contributed by atoms with van der Waals surface area (Å²) in [5.74, 6) is 0. The molecule has 2 nitrogen and oxygen atoms in total. The van der Waals surface area contributed by atoms with Gasteiger partial charge in [-0.3, -0.25) is 0 Å². The number of hydrogen-bond acceptors (Lipinski definition) is 3. The van der Waals surface area contributed by atoms with Crippen LogP contribution in [0.2, 0.25) is 0 Å². The summed E-state index contributed by atoms with van der Waals surface area (Å²) >= 11 is 1.61. The molecule has 1 heterocycles. The van der Waals surface area contributed by atoms with Gasteiger partial charge in [-0.15, -0.1) is 17.9 Å². The van der Waals surface area contributed by atoms with Crippen molar-refractivity contribution in [2.75, 3.05) is 20.1 Å². The van der Waals surface area contributed by atoms with Crippen molar-refractivity contribution in [2.45, 2.75) is 12.5 Å². The van der Waals surface area contributed by atoms with Crippen LogP contribution >= 0.6 is 11.3 Å². The summed E-state index contributed by atoms with van der Waals surface area (Å²) in [4.78, 5) is 3.20. The van der Waals surface area contributed by atoms with E-state index in [0.29, 0.717) is 0 Å². The van der Waals surface area contributed by atoms with Crippen LogP contribution in [0.4, 0.5) is 0 Å². The molecule has 1 atom stereocenters. The van der Waals surface area contributed by atoms with Gasteiger partial charge >= 0.3 is 0 Å². The van der Waals surface area contributed by atoms with Crippen molar-refractivity contribution >= 4 is 11.3 Å². The zero-order valence-electron chi connectivity index (χ0n) is 8.52. The molecule has 78 valence electrons. The molecule has 1 aromatic heterocycles. The van der Waals surface area contributed by atoms with Crippen LogP contribution in [0.25, 0.3) is 0 Å². The zero-order chi connectivity index (χ0) is 10.4. The van der Waals surface area contributed by atoms with E-state index in [-0.39, 0.29) is 6.10 Å². The van der Waals surface area contributed by atoms with Gasteiger partial charge in [0, 0.05) is 18.0 Å². The van der Waals surface area contributed by atoms with Crippen molar-refractivity contribution in [3.05, 3.63) is 35.0 Å². The molecule has 3 heteroatoms. The highest BCUT2D eigenvalue weighted by atomic mass is 32.1. The number of rotatable bonds is 6. The number of aliphatic hydroxyl groups is 1. The fraction of sp³-hybridized carbons (Fsp3) is 0.455. The molecule has 0 unspecified atom stereocenters. The molecule has 0 radical (unpaired) electrons. The minimum atomic E-state index is -0.317. The van der Waals surface area contributed by atoms with Gasteiger partial charge < -0.3 is 10.0 Å². The molecule has 14 heavy (non-hydrogen) atoms. The van der Waals surface area contributed by atoms with Crippen LogP contribution in [0, 0.1) is 0 Å². The van der Waals surface area contributed by atoms with Gasteiger partial charge in [-0.2, -0.15) is 0 Å². The van der Waals surface area contributed by atoms with Crippen LogP contribution in [0.15, 0.2) is 30.2 Å². The van der Waals surface area contributed by atoms with Gasteiger partial charge in [0.05, 0.1) is 6.10 Å². The molecular weight excluding hydrogens is 194 g/mol. The first kappa shape index (κ1) is 11.4. The highest BCUT2D eigenvalue weighted by molar-refractivity contribution is 7.10. The van der Waals surface area contributed by atoms with E-state index in [9.17, 15) is 5.11 Å². The van der Waals surface area contributed by atoms with E-state index in [2.05, 4.69) is 11.5 Å². The Morgan fingerprint density at radius 3 is 3.07 bits per heavy atom. The van der Waals surface area contributed by atoms with E-state index >= 15 is 0 Å². The Balaban J connectivity index is 2.28. The summed E-state index contributed by atoms with van der Waals surface area (Å²) in [7, 11) is 2.03. The summed E-state index contributed by atoms with van der Waals surface area (Å²) in [6.07, 6.45) is 2.34. The van der Waals surface area contributed by atoms with E-state index in [4.69, 9.17) is 0 Å². The first-order chi connectivity index (χ1) is 6.74. The van der Waals surface area contributed by atoms with Gasteiger partial charge in [0.1, 0.15) is 0 Å². The highest BCUT2D eigenvalue weighted by Gasteiger charge is 2.08. The van der Waals surface area contributed by atoms with Gasteiger partial charge in [-0.1, -0.05) is 12.1 Å². The van der Waals surface area contributed by atoms with E-state index in [1.54, 1.807) is 11.3 Å². The average Bonchev–Trinajstić information content (AvgIpc) is 2.67. The number of hydrogen-bond donors (Lipinski definition) is 1. The third kappa shape index (κ3) is 3.62. The fourth-order valence-electron chi connectivity index (χ4n) is 1.28. The molecule has 0 fully saturated rings. The van der Waals surface area contributed by atoms with Crippen molar-refractivity contribution in [3.63, 3.8) is 0 Å². The Kier molecular flexibility index (Phi) is 4.87. The Morgan fingerprint density at radius 2 is 2.50 bits per heavy atom. The minimum Gasteiger partial charge on any atom is -0.388 e. The van der Waals surface area contributed by atoms with Crippen LogP contribution < -0.4 is 0 Å². The lowest BCUT2D eigenvalue weighted by atomic mass is 10.2. The number of thiophene rings is 1. The Hall–Kier alpha value is -0.640. The van der Waals surface area contributed by atoms with Gasteiger partial charge in [0.25, 0.3) is 0 Å². The molecular formula is C11H17NOS. The largest absolute Gasteiger partial charge is 0.388 e. The smallest absolute Gasteiger partial charge is 0.0894 e. The molecule has 0 saturated heterocycles. The summed E-state index contributed by atoms with van der Waals surface area (Å²) in [6, 6.07) is 3.94. The van der Waals surface area contributed by atoms with Crippen LogP contribution in [0.5, 0.6) is 0 Å². The molecule has 0 aliphatic carbocycles. The predicted octanol–water partition coefficient (Wildman–Crippen LogP) is 2.29. The second kappa shape index (κ2) is 5.96. The molecule has 0 amide bonds. The predicted molar refractivity (Wildman–Crippen MR) is 61.6 cm³/mol. The van der Waals surface area contributed by atoms with Crippen molar-refractivity contribution < 1.29 is 5.11 Å². The summed E-state index contributed by atoms with van der Waals surface area (Å²) in [5, 5.41) is 11.8. The molecule has 0 saturated carbocycles. The van der Waals surface area contributed by atoms with Crippen LogP contribution in [-0.4, -0.2) is 30.1 Å². The maximum absolute atomic E-state index is 9.78. The quantitative estimate of drug-likeness (QED) is 0.730. The molecule has 1 rings (SSSR count). The number of nitrogens with zero attached hydrogens (tertiary/aromatic N) is 1. The molecule has 0 aliphatic heterocycles. The first-order valence-electron chi connectivity index (χ1n) is 4.75. The standard InChI is InChI=1S/C11H17NOS/c1-3-7-12(2)8-6-10(13)11-5-4-9-14-11/h3-5,9-10,13H,1,6-8H2,2H3/t10-/m0/s1. The lowest BCUT2D eigenvalue weighted by Gasteiger charge is -2.16. The van der Waals surface area contributed by atoms with Gasteiger partial charge in [-0.25, -0.2) is 0 Å². The maximum Gasteiger partial charge on any atom is 0.0894 e. The van der Waals surface area contributed by atoms with E-state index in [1.807, 2.05) is 30.6 Å². The monoisotopic (exact) mass is 211 g/mol. The second-order valence-electron chi connectivity index (χ2n) is 3.37. The third-order valence-electron chi connectivity index (χ3n) is 2.10. The van der Waals surface area contributed by atoms with Crippen LogP contribution in [0.1, 0.15) is 17.4 Å². The molecule has 1 aromatic rings.